The Hall–Kier alpha value is -2.79. The Balaban J connectivity index is 2.24. The first-order valence-corrected chi connectivity index (χ1v) is 6.83. The highest BCUT2D eigenvalue weighted by atomic mass is 16.2. The Morgan fingerprint density at radius 3 is 2.57 bits per heavy atom. The molecule has 0 spiro atoms. The van der Waals surface area contributed by atoms with E-state index in [4.69, 9.17) is 10.5 Å². The maximum absolute atomic E-state index is 12.4. The second-order valence-corrected chi connectivity index (χ2v) is 4.90. The van der Waals surface area contributed by atoms with Crippen molar-refractivity contribution in [1.82, 2.24) is 4.90 Å². The van der Waals surface area contributed by atoms with E-state index in [1.165, 1.54) is 6.20 Å². The topological polar surface area (TPSA) is 79.9 Å². The number of allylic oxidation sites excluding steroid dienone is 1. The molecule has 1 saturated heterocycles. The number of hydrogen-bond donors (Lipinski definition) is 1. The number of likely N-dealkylation sites (tertiary alicyclic amines) is 1. The zero-order chi connectivity index (χ0) is 15.2. The van der Waals surface area contributed by atoms with Crippen molar-refractivity contribution in [3.63, 3.8) is 0 Å². The Labute approximate surface area is 124 Å². The number of nitrogens with one attached hydrogen (secondary N) is 1. The maximum atomic E-state index is 12.4. The lowest BCUT2D eigenvalue weighted by atomic mass is 10.1. The van der Waals surface area contributed by atoms with Gasteiger partial charge in [-0.3, -0.25) is 4.79 Å². The lowest BCUT2D eigenvalue weighted by Gasteiger charge is -2.18. The first kappa shape index (κ1) is 14.6. The summed E-state index contributed by atoms with van der Waals surface area (Å²) in [7, 11) is 0. The standard InChI is InChI=1S/C16H16N4O/c1-12-14(16(21)20-7-2-3-8-20)5-4-6-15(12)19-11-13(9-17)10-18/h4-6,11,19H,2-3,7-8H2,1H3. The number of nitrogens with zero attached hydrogens (tertiary/aromatic N) is 3. The Bertz CT molecular complexity index is 642. The summed E-state index contributed by atoms with van der Waals surface area (Å²) in [5.41, 5.74) is 2.19. The van der Waals surface area contributed by atoms with Gasteiger partial charge >= 0.3 is 0 Å². The SMILES string of the molecule is Cc1c(NC=C(C#N)C#N)cccc1C(=O)N1CCCC1. The molecule has 1 aromatic carbocycles. The second kappa shape index (κ2) is 6.58. The van der Waals surface area contributed by atoms with Crippen molar-refractivity contribution in [3.05, 3.63) is 41.1 Å². The molecule has 0 radical (unpaired) electrons. The number of anilines is 1. The van der Waals surface area contributed by atoms with Gasteiger partial charge in [-0.25, -0.2) is 0 Å². The first-order valence-electron chi connectivity index (χ1n) is 6.83. The monoisotopic (exact) mass is 280 g/mol. The predicted octanol–water partition coefficient (Wildman–Crippen LogP) is 2.57. The lowest BCUT2D eigenvalue weighted by Crippen LogP contribution is -2.28. The van der Waals surface area contributed by atoms with Crippen LogP contribution in [0.1, 0.15) is 28.8 Å². The molecule has 0 unspecified atom stereocenters. The van der Waals surface area contributed by atoms with Crippen LogP contribution in [0.15, 0.2) is 30.0 Å². The van der Waals surface area contributed by atoms with E-state index < -0.39 is 0 Å². The molecule has 1 N–H and O–H groups in total. The minimum atomic E-state index is -0.00864. The molecule has 2 rings (SSSR count). The van der Waals surface area contributed by atoms with Crippen LogP contribution in [0.25, 0.3) is 0 Å². The Morgan fingerprint density at radius 1 is 1.29 bits per heavy atom. The van der Waals surface area contributed by atoms with E-state index in [9.17, 15) is 4.79 Å². The average molecular weight is 280 g/mol. The van der Waals surface area contributed by atoms with Gasteiger partial charge < -0.3 is 10.2 Å². The highest BCUT2D eigenvalue weighted by Crippen LogP contribution is 2.22. The predicted molar refractivity (Wildman–Crippen MR) is 79.2 cm³/mol. The molecule has 0 saturated carbocycles. The summed E-state index contributed by atoms with van der Waals surface area (Å²) in [5.74, 6) is 0.0402. The van der Waals surface area contributed by atoms with Gasteiger partial charge in [0.1, 0.15) is 17.7 Å². The molecule has 21 heavy (non-hydrogen) atoms. The molecule has 1 amide bonds. The van der Waals surface area contributed by atoms with Gasteiger partial charge in [0.15, 0.2) is 0 Å². The third-order valence-electron chi connectivity index (χ3n) is 3.57. The number of amides is 1. The van der Waals surface area contributed by atoms with Crippen molar-refractivity contribution in [2.24, 2.45) is 0 Å². The zero-order valence-electron chi connectivity index (χ0n) is 11.9. The largest absolute Gasteiger partial charge is 0.360 e. The summed E-state index contributed by atoms with van der Waals surface area (Å²) in [6, 6.07) is 8.99. The zero-order valence-corrected chi connectivity index (χ0v) is 11.9. The molecule has 1 aliphatic rings. The molecule has 0 aromatic heterocycles. The lowest BCUT2D eigenvalue weighted by molar-refractivity contribution is 0.0792. The van der Waals surface area contributed by atoms with Gasteiger partial charge in [-0.15, -0.1) is 0 Å². The molecule has 5 heteroatoms. The van der Waals surface area contributed by atoms with Crippen LogP contribution in [0.4, 0.5) is 5.69 Å². The number of nitriles is 2. The highest BCUT2D eigenvalue weighted by molar-refractivity contribution is 5.97. The quantitative estimate of drug-likeness (QED) is 0.863. The van der Waals surface area contributed by atoms with Gasteiger partial charge in [0.25, 0.3) is 5.91 Å². The molecule has 1 aromatic rings. The van der Waals surface area contributed by atoms with E-state index in [0.29, 0.717) is 5.56 Å². The summed E-state index contributed by atoms with van der Waals surface area (Å²) in [5, 5.41) is 20.4. The van der Waals surface area contributed by atoms with Gasteiger partial charge in [-0.1, -0.05) is 6.07 Å². The van der Waals surface area contributed by atoms with E-state index in [0.717, 1.165) is 37.2 Å². The normalized spacial score (nSPS) is 13.2. The van der Waals surface area contributed by atoms with Crippen LogP contribution in [0.2, 0.25) is 0 Å². The molecule has 106 valence electrons. The number of benzene rings is 1. The van der Waals surface area contributed by atoms with Crippen molar-refractivity contribution < 1.29 is 4.79 Å². The Kier molecular flexibility index (Phi) is 4.58. The summed E-state index contributed by atoms with van der Waals surface area (Å²) < 4.78 is 0. The minimum absolute atomic E-state index is 0.00864. The molecule has 0 bridgehead atoms. The average Bonchev–Trinajstić information content (AvgIpc) is 3.03. The number of carbonyl (C=O) groups is 1. The first-order chi connectivity index (χ1) is 10.2. The van der Waals surface area contributed by atoms with Crippen LogP contribution in [0, 0.1) is 29.6 Å². The molecule has 0 atom stereocenters. The van der Waals surface area contributed by atoms with Gasteiger partial charge in [0, 0.05) is 30.5 Å². The van der Waals surface area contributed by atoms with Crippen molar-refractivity contribution in [1.29, 1.82) is 10.5 Å². The maximum Gasteiger partial charge on any atom is 0.254 e. The number of hydrogen-bond acceptors (Lipinski definition) is 4. The van der Waals surface area contributed by atoms with Crippen molar-refractivity contribution in [2.45, 2.75) is 19.8 Å². The number of rotatable bonds is 3. The van der Waals surface area contributed by atoms with Gasteiger partial charge in [-0.05, 0) is 37.5 Å². The van der Waals surface area contributed by atoms with Crippen LogP contribution >= 0.6 is 0 Å². The van der Waals surface area contributed by atoms with Crippen LogP contribution in [-0.4, -0.2) is 23.9 Å². The summed E-state index contributed by atoms with van der Waals surface area (Å²) in [4.78, 5) is 14.3. The van der Waals surface area contributed by atoms with E-state index >= 15 is 0 Å². The second-order valence-electron chi connectivity index (χ2n) is 4.90. The summed E-state index contributed by atoms with van der Waals surface area (Å²) >= 11 is 0. The molecule has 1 aliphatic heterocycles. The van der Waals surface area contributed by atoms with Crippen LogP contribution < -0.4 is 5.32 Å². The van der Waals surface area contributed by atoms with Crippen LogP contribution in [0.3, 0.4) is 0 Å². The molecule has 1 fully saturated rings. The van der Waals surface area contributed by atoms with Crippen molar-refractivity contribution in [3.8, 4) is 12.1 Å². The van der Waals surface area contributed by atoms with Crippen molar-refractivity contribution in [2.75, 3.05) is 18.4 Å². The highest BCUT2D eigenvalue weighted by Gasteiger charge is 2.21. The van der Waals surface area contributed by atoms with Gasteiger partial charge in [0.05, 0.1) is 0 Å². The molecule has 5 nitrogen and oxygen atoms in total. The van der Waals surface area contributed by atoms with Crippen LogP contribution in [-0.2, 0) is 0 Å². The Morgan fingerprint density at radius 2 is 1.95 bits per heavy atom. The fourth-order valence-corrected chi connectivity index (χ4v) is 2.35. The summed E-state index contributed by atoms with van der Waals surface area (Å²) in [6.45, 7) is 3.48. The van der Waals surface area contributed by atoms with E-state index in [-0.39, 0.29) is 11.5 Å². The van der Waals surface area contributed by atoms with Crippen LogP contribution in [0.5, 0.6) is 0 Å². The van der Waals surface area contributed by atoms with E-state index in [1.54, 1.807) is 24.3 Å². The number of carbonyl (C=O) groups excluding carboxylic acids is 1. The fraction of sp³-hybridized carbons (Fsp3) is 0.312. The smallest absolute Gasteiger partial charge is 0.254 e. The molecule has 0 aliphatic carbocycles. The molecular weight excluding hydrogens is 264 g/mol. The van der Waals surface area contributed by atoms with E-state index in [1.807, 2.05) is 17.9 Å². The van der Waals surface area contributed by atoms with E-state index in [2.05, 4.69) is 5.32 Å². The third-order valence-corrected chi connectivity index (χ3v) is 3.57. The summed E-state index contributed by atoms with van der Waals surface area (Å²) in [6.07, 6.45) is 3.46. The third kappa shape index (κ3) is 3.21. The van der Waals surface area contributed by atoms with Gasteiger partial charge in [-0.2, -0.15) is 10.5 Å². The minimum Gasteiger partial charge on any atom is -0.360 e. The van der Waals surface area contributed by atoms with Crippen molar-refractivity contribution >= 4 is 11.6 Å². The fourth-order valence-electron chi connectivity index (χ4n) is 2.35. The van der Waals surface area contributed by atoms with Gasteiger partial charge in [0.2, 0.25) is 0 Å². The molecule has 1 heterocycles. The molecular formula is C16H16N4O.